The fourth-order valence-electron chi connectivity index (χ4n) is 2.01. The Morgan fingerprint density at radius 1 is 1.61 bits per heavy atom. The van der Waals surface area contributed by atoms with Gasteiger partial charge in [0, 0.05) is 61.2 Å². The molecule has 5 heteroatoms. The van der Waals surface area contributed by atoms with Crippen LogP contribution in [0.25, 0.3) is 11.0 Å². The van der Waals surface area contributed by atoms with Gasteiger partial charge in [-0.05, 0) is 31.2 Å². The zero-order valence-corrected chi connectivity index (χ0v) is 13.5. The van der Waals surface area contributed by atoms with Crippen LogP contribution < -0.4 is 0 Å². The molecule has 0 aliphatic rings. The SMILES string of the molecule is C=CCN(C)Cc1cnc2c(c1)c(C)cn2SI. The molecule has 2 rings (SSSR count). The number of nitrogens with zero attached hydrogens (tertiary/aromatic N) is 3. The van der Waals surface area contributed by atoms with Crippen LogP contribution in [-0.2, 0) is 6.54 Å². The molecule has 0 saturated heterocycles. The smallest absolute Gasteiger partial charge is 0.150 e. The molecule has 18 heavy (non-hydrogen) atoms. The molecule has 3 nitrogen and oxygen atoms in total. The second kappa shape index (κ2) is 6.08. The highest BCUT2D eigenvalue weighted by Gasteiger charge is 2.08. The van der Waals surface area contributed by atoms with E-state index in [0.717, 1.165) is 18.7 Å². The molecule has 0 amide bonds. The van der Waals surface area contributed by atoms with Crippen LogP contribution in [0.1, 0.15) is 11.1 Å². The van der Waals surface area contributed by atoms with Gasteiger partial charge in [0.25, 0.3) is 0 Å². The maximum absolute atomic E-state index is 4.57. The first-order valence-corrected chi connectivity index (χ1v) is 9.02. The van der Waals surface area contributed by atoms with E-state index < -0.39 is 0 Å². The molecule has 2 heterocycles. The Bertz CT molecular complexity index is 565. The molecule has 0 radical (unpaired) electrons. The Kier molecular flexibility index (Phi) is 4.69. The molecule has 2 aromatic rings. The predicted molar refractivity (Wildman–Crippen MR) is 88.0 cm³/mol. The minimum Gasteiger partial charge on any atom is -0.298 e. The Morgan fingerprint density at radius 2 is 2.39 bits per heavy atom. The van der Waals surface area contributed by atoms with Crippen LogP contribution in [-0.4, -0.2) is 27.4 Å². The van der Waals surface area contributed by atoms with E-state index in [2.05, 4.69) is 67.9 Å². The summed E-state index contributed by atoms with van der Waals surface area (Å²) in [5.74, 6) is 0. The van der Waals surface area contributed by atoms with Crippen molar-refractivity contribution in [1.29, 1.82) is 0 Å². The third-order valence-corrected chi connectivity index (χ3v) is 4.54. The van der Waals surface area contributed by atoms with E-state index in [0.29, 0.717) is 0 Å². The molecule has 96 valence electrons. The lowest BCUT2D eigenvalue weighted by Gasteiger charge is -2.13. The first-order chi connectivity index (χ1) is 8.65. The summed E-state index contributed by atoms with van der Waals surface area (Å²) >= 11 is 2.27. The summed E-state index contributed by atoms with van der Waals surface area (Å²) in [6.07, 6.45) is 6.01. The highest BCUT2D eigenvalue weighted by molar-refractivity contribution is 14.2. The molecule has 0 fully saturated rings. The molecular weight excluding hydrogens is 357 g/mol. The predicted octanol–water partition coefficient (Wildman–Crippen LogP) is 3.81. The van der Waals surface area contributed by atoms with Crippen LogP contribution in [0, 0.1) is 6.92 Å². The highest BCUT2D eigenvalue weighted by atomic mass is 127. The van der Waals surface area contributed by atoms with Crippen molar-refractivity contribution in [3.8, 4) is 0 Å². The van der Waals surface area contributed by atoms with Crippen molar-refractivity contribution in [2.75, 3.05) is 13.6 Å². The summed E-state index contributed by atoms with van der Waals surface area (Å²) in [6, 6.07) is 2.24. The largest absolute Gasteiger partial charge is 0.298 e. The third-order valence-electron chi connectivity index (χ3n) is 2.84. The Morgan fingerprint density at radius 3 is 3.06 bits per heavy atom. The fourth-order valence-corrected chi connectivity index (χ4v) is 3.32. The number of hydrogen-bond acceptors (Lipinski definition) is 3. The second-order valence-electron chi connectivity index (χ2n) is 4.41. The van der Waals surface area contributed by atoms with Gasteiger partial charge in [-0.3, -0.25) is 8.87 Å². The molecule has 0 bridgehead atoms. The van der Waals surface area contributed by atoms with Crippen molar-refractivity contribution >= 4 is 41.4 Å². The average molecular weight is 373 g/mol. The maximum Gasteiger partial charge on any atom is 0.150 e. The number of halogens is 1. The number of aryl methyl sites for hydroxylation is 1. The fraction of sp³-hybridized carbons (Fsp3) is 0.308. The monoisotopic (exact) mass is 373 g/mol. The minimum atomic E-state index is 0.891. The number of fused-ring (bicyclic) bond motifs is 1. The first kappa shape index (κ1) is 13.9. The number of hydrogen-bond donors (Lipinski definition) is 0. The van der Waals surface area contributed by atoms with E-state index in [9.17, 15) is 0 Å². The van der Waals surface area contributed by atoms with Gasteiger partial charge in [0.05, 0.1) is 0 Å². The number of pyridine rings is 1. The molecule has 0 aliphatic carbocycles. The summed E-state index contributed by atoms with van der Waals surface area (Å²) in [5.41, 5.74) is 3.56. The lowest BCUT2D eigenvalue weighted by atomic mass is 10.2. The number of rotatable bonds is 5. The maximum atomic E-state index is 4.57. The highest BCUT2D eigenvalue weighted by Crippen LogP contribution is 2.27. The lowest BCUT2D eigenvalue weighted by molar-refractivity contribution is 0.363. The van der Waals surface area contributed by atoms with Gasteiger partial charge in [-0.25, -0.2) is 4.98 Å². The zero-order valence-electron chi connectivity index (χ0n) is 10.6. The molecule has 0 atom stereocenters. The summed E-state index contributed by atoms with van der Waals surface area (Å²) in [7, 11) is 3.74. The van der Waals surface area contributed by atoms with Gasteiger partial charge in [-0.1, -0.05) is 6.08 Å². The van der Waals surface area contributed by atoms with Crippen molar-refractivity contribution < 1.29 is 0 Å². The van der Waals surface area contributed by atoms with Gasteiger partial charge < -0.3 is 0 Å². The van der Waals surface area contributed by atoms with Gasteiger partial charge >= 0.3 is 0 Å². The van der Waals surface area contributed by atoms with Gasteiger partial charge in [0.2, 0.25) is 0 Å². The van der Waals surface area contributed by atoms with Crippen LogP contribution >= 0.6 is 30.3 Å². The van der Waals surface area contributed by atoms with Crippen molar-refractivity contribution in [3.63, 3.8) is 0 Å². The summed E-state index contributed by atoms with van der Waals surface area (Å²) < 4.78 is 2.10. The van der Waals surface area contributed by atoms with Gasteiger partial charge in [-0.2, -0.15) is 0 Å². The van der Waals surface area contributed by atoms with E-state index in [1.165, 1.54) is 16.5 Å². The van der Waals surface area contributed by atoms with Crippen molar-refractivity contribution in [2.24, 2.45) is 0 Å². The first-order valence-electron chi connectivity index (χ1n) is 5.70. The van der Waals surface area contributed by atoms with E-state index >= 15 is 0 Å². The van der Waals surface area contributed by atoms with Crippen LogP contribution in [0.5, 0.6) is 0 Å². The molecule has 2 aromatic heterocycles. The molecular formula is C13H16IN3S. The quantitative estimate of drug-likeness (QED) is 0.588. The molecule has 0 unspecified atom stereocenters. The molecule has 0 aromatic carbocycles. The van der Waals surface area contributed by atoms with E-state index in [1.54, 1.807) is 9.12 Å². The molecule has 0 spiro atoms. The van der Waals surface area contributed by atoms with Gasteiger partial charge in [-0.15, -0.1) is 6.58 Å². The van der Waals surface area contributed by atoms with E-state index in [-0.39, 0.29) is 0 Å². The van der Waals surface area contributed by atoms with Crippen LogP contribution in [0.4, 0.5) is 0 Å². The number of aromatic nitrogens is 2. The average Bonchev–Trinajstić information content (AvgIpc) is 2.66. The minimum absolute atomic E-state index is 0.891. The van der Waals surface area contributed by atoms with Gasteiger partial charge in [0.1, 0.15) is 0 Å². The van der Waals surface area contributed by atoms with Gasteiger partial charge in [0.15, 0.2) is 5.65 Å². The lowest BCUT2D eigenvalue weighted by Crippen LogP contribution is -2.17. The molecule has 0 N–H and O–H groups in total. The normalized spacial score (nSPS) is 11.3. The summed E-state index contributed by atoms with van der Waals surface area (Å²) in [5, 5.41) is 1.24. The zero-order chi connectivity index (χ0) is 13.1. The van der Waals surface area contributed by atoms with Crippen LogP contribution in [0.3, 0.4) is 0 Å². The van der Waals surface area contributed by atoms with Crippen molar-refractivity contribution in [1.82, 2.24) is 13.9 Å². The second-order valence-corrected chi connectivity index (χ2v) is 6.12. The topological polar surface area (TPSA) is 21.1 Å². The standard InChI is InChI=1S/C13H16IN3S/c1-4-5-16(3)9-11-6-12-10(2)8-17(18-14)13(12)15-7-11/h4,6-8H,1,5,9H2,2-3H3. The summed E-state index contributed by atoms with van der Waals surface area (Å²) in [4.78, 5) is 6.79. The number of likely N-dealkylation sites (N-methyl/N-ethyl adjacent to an activating group) is 1. The van der Waals surface area contributed by atoms with E-state index in [1.807, 2.05) is 12.3 Å². The van der Waals surface area contributed by atoms with Crippen molar-refractivity contribution in [3.05, 3.63) is 42.2 Å². The van der Waals surface area contributed by atoms with Crippen LogP contribution in [0.2, 0.25) is 0 Å². The molecule has 0 saturated carbocycles. The Labute approximate surface area is 124 Å². The Balaban J connectivity index is 2.32. The molecule has 0 aliphatic heterocycles. The third kappa shape index (κ3) is 2.89. The summed E-state index contributed by atoms with van der Waals surface area (Å²) in [6.45, 7) is 7.68. The Hall–Kier alpha value is -0.530. The van der Waals surface area contributed by atoms with E-state index in [4.69, 9.17) is 0 Å². The van der Waals surface area contributed by atoms with Crippen molar-refractivity contribution in [2.45, 2.75) is 13.5 Å². The van der Waals surface area contributed by atoms with Crippen LogP contribution in [0.15, 0.2) is 31.1 Å².